The van der Waals surface area contributed by atoms with Crippen molar-refractivity contribution in [2.75, 3.05) is 26.7 Å². The van der Waals surface area contributed by atoms with E-state index in [1.54, 1.807) is 0 Å². The van der Waals surface area contributed by atoms with Gasteiger partial charge in [-0.1, -0.05) is 0 Å². The summed E-state index contributed by atoms with van der Waals surface area (Å²) in [5.41, 5.74) is 5.73. The van der Waals surface area contributed by atoms with Gasteiger partial charge in [-0.15, -0.1) is 0 Å². The highest BCUT2D eigenvalue weighted by molar-refractivity contribution is 5.94. The summed E-state index contributed by atoms with van der Waals surface area (Å²) in [5.74, 6) is -0.255. The van der Waals surface area contributed by atoms with E-state index in [2.05, 4.69) is 15.5 Å². The number of carbonyl (C=O) groups is 2. The Balaban J connectivity index is 2.14. The first-order valence-corrected chi connectivity index (χ1v) is 5.11. The Morgan fingerprint density at radius 1 is 1.53 bits per heavy atom. The fourth-order valence-electron chi connectivity index (χ4n) is 1.58. The number of amides is 3. The first kappa shape index (κ1) is 11.9. The summed E-state index contributed by atoms with van der Waals surface area (Å²) < 4.78 is 0. The lowest BCUT2D eigenvalue weighted by atomic mass is 10.3. The lowest BCUT2D eigenvalue weighted by molar-refractivity contribution is -0.120. The minimum Gasteiger partial charge on any atom is -0.341 e. The predicted octanol–water partition coefficient (Wildman–Crippen LogP) is -1.13. The van der Waals surface area contributed by atoms with Crippen LogP contribution in [0.5, 0.6) is 0 Å². The first-order valence-electron chi connectivity index (χ1n) is 5.11. The van der Waals surface area contributed by atoms with Crippen LogP contribution in [0.1, 0.15) is 12.8 Å². The van der Waals surface area contributed by atoms with Crippen LogP contribution in [0.2, 0.25) is 0 Å². The van der Waals surface area contributed by atoms with Crippen LogP contribution in [0.3, 0.4) is 0 Å². The van der Waals surface area contributed by atoms with Crippen LogP contribution in [0, 0.1) is 0 Å². The van der Waals surface area contributed by atoms with Gasteiger partial charge in [-0.3, -0.25) is 10.1 Å². The summed E-state index contributed by atoms with van der Waals surface area (Å²) in [6, 6.07) is -0.231. The first-order chi connectivity index (χ1) is 7.11. The van der Waals surface area contributed by atoms with Gasteiger partial charge in [-0.2, -0.15) is 0 Å². The van der Waals surface area contributed by atoms with Gasteiger partial charge in [0.2, 0.25) is 5.91 Å². The molecule has 0 aliphatic carbocycles. The summed E-state index contributed by atoms with van der Waals surface area (Å²) in [6.07, 6.45) is 1.32. The van der Waals surface area contributed by atoms with Crippen LogP contribution in [0.15, 0.2) is 0 Å². The number of nitrogens with zero attached hydrogens (tertiary/aromatic N) is 1. The maximum absolute atomic E-state index is 11.2. The van der Waals surface area contributed by atoms with Crippen molar-refractivity contribution in [1.82, 2.24) is 15.5 Å². The number of imide groups is 1. The summed E-state index contributed by atoms with van der Waals surface area (Å²) >= 11 is 0. The SMILES string of the molecule is CNC(=O)NC(=O)CCN1CC[C@@H](N)C1. The lowest BCUT2D eigenvalue weighted by Gasteiger charge is -2.14. The average molecular weight is 214 g/mol. The average Bonchev–Trinajstić information content (AvgIpc) is 2.61. The van der Waals surface area contributed by atoms with Crippen LogP contribution in [-0.4, -0.2) is 49.6 Å². The predicted molar refractivity (Wildman–Crippen MR) is 56.2 cm³/mol. The van der Waals surface area contributed by atoms with Gasteiger partial charge >= 0.3 is 6.03 Å². The Bertz CT molecular complexity index is 244. The molecular weight excluding hydrogens is 196 g/mol. The van der Waals surface area contributed by atoms with Gasteiger partial charge < -0.3 is 16.0 Å². The third-order valence-corrected chi connectivity index (χ3v) is 2.44. The topological polar surface area (TPSA) is 87.5 Å². The van der Waals surface area contributed by atoms with E-state index in [1.807, 2.05) is 0 Å². The molecule has 1 aliphatic rings. The summed E-state index contributed by atoms with van der Waals surface area (Å²) in [4.78, 5) is 24.1. The molecule has 1 atom stereocenters. The van der Waals surface area contributed by atoms with E-state index in [1.165, 1.54) is 7.05 Å². The molecule has 6 nitrogen and oxygen atoms in total. The summed E-state index contributed by atoms with van der Waals surface area (Å²) in [6.45, 7) is 2.44. The van der Waals surface area contributed by atoms with E-state index in [4.69, 9.17) is 5.73 Å². The number of carbonyl (C=O) groups excluding carboxylic acids is 2. The van der Waals surface area contributed by atoms with Crippen LogP contribution >= 0.6 is 0 Å². The van der Waals surface area contributed by atoms with Crippen molar-refractivity contribution in [3.8, 4) is 0 Å². The molecule has 0 aromatic carbocycles. The van der Waals surface area contributed by atoms with Crippen LogP contribution in [0.4, 0.5) is 4.79 Å². The molecule has 0 bridgehead atoms. The molecule has 0 spiro atoms. The van der Waals surface area contributed by atoms with Crippen molar-refractivity contribution in [1.29, 1.82) is 0 Å². The highest BCUT2D eigenvalue weighted by atomic mass is 16.2. The zero-order valence-electron chi connectivity index (χ0n) is 8.95. The Morgan fingerprint density at radius 2 is 2.27 bits per heavy atom. The van der Waals surface area contributed by atoms with Gasteiger partial charge in [-0.05, 0) is 13.0 Å². The van der Waals surface area contributed by atoms with Crippen molar-refractivity contribution in [2.24, 2.45) is 5.73 Å². The molecule has 3 amide bonds. The molecule has 86 valence electrons. The molecule has 4 N–H and O–H groups in total. The highest BCUT2D eigenvalue weighted by Crippen LogP contribution is 2.06. The molecule has 1 heterocycles. The van der Waals surface area contributed by atoms with Crippen molar-refractivity contribution in [3.05, 3.63) is 0 Å². The molecular formula is C9H18N4O2. The molecule has 0 saturated carbocycles. The maximum Gasteiger partial charge on any atom is 0.321 e. The third kappa shape index (κ3) is 4.26. The number of nitrogens with one attached hydrogen (secondary N) is 2. The molecule has 6 heteroatoms. The third-order valence-electron chi connectivity index (χ3n) is 2.44. The molecule has 15 heavy (non-hydrogen) atoms. The zero-order valence-corrected chi connectivity index (χ0v) is 8.95. The fraction of sp³-hybridized carbons (Fsp3) is 0.778. The number of hydrogen-bond donors (Lipinski definition) is 3. The standard InChI is InChI=1S/C9H18N4O2/c1-11-9(15)12-8(14)3-5-13-4-2-7(10)6-13/h7H,2-6,10H2,1H3,(H2,11,12,14,15)/t7-/m1/s1. The molecule has 0 aromatic rings. The molecule has 0 unspecified atom stereocenters. The van der Waals surface area contributed by atoms with Gasteiger partial charge in [0.1, 0.15) is 0 Å². The van der Waals surface area contributed by atoms with E-state index < -0.39 is 6.03 Å². The minimum absolute atomic E-state index is 0.229. The second kappa shape index (κ2) is 5.67. The van der Waals surface area contributed by atoms with Crippen molar-refractivity contribution in [3.63, 3.8) is 0 Å². The van der Waals surface area contributed by atoms with Crippen LogP contribution in [0.25, 0.3) is 0 Å². The fourth-order valence-corrected chi connectivity index (χ4v) is 1.58. The smallest absolute Gasteiger partial charge is 0.321 e. The second-order valence-corrected chi connectivity index (χ2v) is 3.73. The van der Waals surface area contributed by atoms with Gasteiger partial charge in [-0.25, -0.2) is 4.79 Å². The van der Waals surface area contributed by atoms with Gasteiger partial charge in [0.25, 0.3) is 0 Å². The molecule has 1 saturated heterocycles. The van der Waals surface area contributed by atoms with Gasteiger partial charge in [0.15, 0.2) is 0 Å². The molecule has 1 fully saturated rings. The van der Waals surface area contributed by atoms with Gasteiger partial charge in [0, 0.05) is 32.6 Å². The summed E-state index contributed by atoms with van der Waals surface area (Å²) in [7, 11) is 1.47. The molecule has 1 aliphatic heterocycles. The van der Waals surface area contributed by atoms with E-state index in [9.17, 15) is 9.59 Å². The molecule has 0 aromatic heterocycles. The monoisotopic (exact) mass is 214 g/mol. The number of likely N-dealkylation sites (tertiary alicyclic amines) is 1. The van der Waals surface area contributed by atoms with E-state index >= 15 is 0 Å². The number of urea groups is 1. The Labute approximate surface area is 89.2 Å². The molecule has 0 radical (unpaired) electrons. The largest absolute Gasteiger partial charge is 0.341 e. The minimum atomic E-state index is -0.460. The normalized spacial score (nSPS) is 21.3. The lowest BCUT2D eigenvalue weighted by Crippen LogP contribution is -2.39. The Morgan fingerprint density at radius 3 is 2.80 bits per heavy atom. The van der Waals surface area contributed by atoms with E-state index in [0.29, 0.717) is 13.0 Å². The van der Waals surface area contributed by atoms with Crippen LogP contribution in [-0.2, 0) is 4.79 Å². The zero-order chi connectivity index (χ0) is 11.3. The van der Waals surface area contributed by atoms with E-state index in [0.717, 1.165) is 19.5 Å². The van der Waals surface area contributed by atoms with Crippen molar-refractivity contribution < 1.29 is 9.59 Å². The van der Waals surface area contributed by atoms with E-state index in [-0.39, 0.29) is 11.9 Å². The second-order valence-electron chi connectivity index (χ2n) is 3.73. The molecule has 1 rings (SSSR count). The highest BCUT2D eigenvalue weighted by Gasteiger charge is 2.19. The Hall–Kier alpha value is -1.14. The van der Waals surface area contributed by atoms with Gasteiger partial charge in [0.05, 0.1) is 0 Å². The van der Waals surface area contributed by atoms with Crippen molar-refractivity contribution in [2.45, 2.75) is 18.9 Å². The number of hydrogen-bond acceptors (Lipinski definition) is 4. The quantitative estimate of drug-likeness (QED) is 0.554. The van der Waals surface area contributed by atoms with Crippen LogP contribution < -0.4 is 16.4 Å². The Kier molecular flexibility index (Phi) is 4.51. The number of nitrogens with two attached hydrogens (primary N) is 1. The number of rotatable bonds is 3. The summed E-state index contributed by atoms with van der Waals surface area (Å²) in [5, 5.41) is 4.54. The maximum atomic E-state index is 11.2. The van der Waals surface area contributed by atoms with Crippen molar-refractivity contribution >= 4 is 11.9 Å².